The summed E-state index contributed by atoms with van der Waals surface area (Å²) >= 11 is 0. The van der Waals surface area contributed by atoms with Gasteiger partial charge in [-0.25, -0.2) is 0 Å². The van der Waals surface area contributed by atoms with Gasteiger partial charge in [-0.2, -0.15) is 0 Å². The molecule has 122 valence electrons. The molecule has 0 fully saturated rings. The lowest BCUT2D eigenvalue weighted by Crippen LogP contribution is -2.22. The molecule has 0 aromatic heterocycles. The van der Waals surface area contributed by atoms with E-state index >= 15 is 0 Å². The highest BCUT2D eigenvalue weighted by atomic mass is 16.5. The molecule has 0 heterocycles. The molecule has 0 atom stereocenters. The van der Waals surface area contributed by atoms with Crippen LogP contribution in [-0.4, -0.2) is 47.5 Å². The van der Waals surface area contributed by atoms with Crippen LogP contribution < -0.4 is 19.5 Å². The Hall–Kier alpha value is -2.21. The van der Waals surface area contributed by atoms with Crippen LogP contribution in [0.5, 0.6) is 17.2 Å². The van der Waals surface area contributed by atoms with E-state index in [0.29, 0.717) is 30.4 Å². The number of methoxy groups -OCH3 is 4. The van der Waals surface area contributed by atoms with E-state index in [4.69, 9.17) is 18.9 Å². The molecular weight excluding hydrogens is 286 g/mol. The molecule has 0 saturated carbocycles. The largest absolute Gasteiger partial charge is 0.493 e. The van der Waals surface area contributed by atoms with Crippen molar-refractivity contribution in [3.8, 4) is 17.2 Å². The highest BCUT2D eigenvalue weighted by Gasteiger charge is 2.12. The molecule has 0 aliphatic rings. The van der Waals surface area contributed by atoms with Crippen LogP contribution in [0.3, 0.4) is 0 Å². The normalized spacial score (nSPS) is 10.5. The van der Waals surface area contributed by atoms with E-state index < -0.39 is 0 Å². The van der Waals surface area contributed by atoms with Gasteiger partial charge in [-0.05, 0) is 30.2 Å². The molecule has 0 bridgehead atoms. The molecule has 1 aromatic carbocycles. The number of amides is 1. The molecular formula is C16H23NO5. The molecule has 1 aromatic rings. The van der Waals surface area contributed by atoms with E-state index in [9.17, 15) is 4.79 Å². The van der Waals surface area contributed by atoms with Gasteiger partial charge in [0.2, 0.25) is 11.7 Å². The van der Waals surface area contributed by atoms with E-state index in [0.717, 1.165) is 12.0 Å². The summed E-state index contributed by atoms with van der Waals surface area (Å²) < 4.78 is 20.7. The van der Waals surface area contributed by atoms with Crippen LogP contribution in [0.25, 0.3) is 6.08 Å². The molecule has 6 nitrogen and oxygen atoms in total. The molecule has 0 aliphatic heterocycles. The Bertz CT molecular complexity index is 488. The van der Waals surface area contributed by atoms with E-state index in [2.05, 4.69) is 5.32 Å². The minimum absolute atomic E-state index is 0.162. The number of benzene rings is 1. The van der Waals surface area contributed by atoms with Crippen molar-refractivity contribution in [2.75, 3.05) is 41.6 Å². The van der Waals surface area contributed by atoms with Crippen molar-refractivity contribution in [1.29, 1.82) is 0 Å². The number of rotatable bonds is 9. The van der Waals surface area contributed by atoms with Crippen molar-refractivity contribution < 1.29 is 23.7 Å². The lowest BCUT2D eigenvalue weighted by molar-refractivity contribution is -0.116. The smallest absolute Gasteiger partial charge is 0.244 e. The summed E-state index contributed by atoms with van der Waals surface area (Å²) in [6.07, 6.45) is 3.93. The zero-order chi connectivity index (χ0) is 16.4. The third-order valence-electron chi connectivity index (χ3n) is 2.94. The second-order valence-electron chi connectivity index (χ2n) is 4.43. The monoisotopic (exact) mass is 309 g/mol. The van der Waals surface area contributed by atoms with Crippen LogP contribution in [0, 0.1) is 0 Å². The van der Waals surface area contributed by atoms with Crippen LogP contribution in [0.15, 0.2) is 18.2 Å². The summed E-state index contributed by atoms with van der Waals surface area (Å²) in [6.45, 7) is 1.20. The van der Waals surface area contributed by atoms with Gasteiger partial charge in [-0.1, -0.05) is 0 Å². The summed E-state index contributed by atoms with van der Waals surface area (Å²) in [5.74, 6) is 1.44. The van der Waals surface area contributed by atoms with Crippen molar-refractivity contribution in [3.63, 3.8) is 0 Å². The second kappa shape index (κ2) is 9.68. The zero-order valence-corrected chi connectivity index (χ0v) is 13.5. The van der Waals surface area contributed by atoms with Crippen molar-refractivity contribution >= 4 is 12.0 Å². The van der Waals surface area contributed by atoms with Gasteiger partial charge in [0.05, 0.1) is 21.3 Å². The van der Waals surface area contributed by atoms with Gasteiger partial charge in [-0.15, -0.1) is 0 Å². The molecule has 0 saturated heterocycles. The van der Waals surface area contributed by atoms with Crippen LogP contribution in [0.1, 0.15) is 12.0 Å². The molecule has 0 radical (unpaired) electrons. The van der Waals surface area contributed by atoms with Gasteiger partial charge in [0.15, 0.2) is 11.5 Å². The quantitative estimate of drug-likeness (QED) is 0.557. The lowest BCUT2D eigenvalue weighted by atomic mass is 10.1. The Morgan fingerprint density at radius 3 is 2.23 bits per heavy atom. The first-order valence-electron chi connectivity index (χ1n) is 6.91. The Labute approximate surface area is 131 Å². The summed E-state index contributed by atoms with van der Waals surface area (Å²) in [5, 5.41) is 2.77. The third-order valence-corrected chi connectivity index (χ3v) is 2.94. The first-order valence-corrected chi connectivity index (χ1v) is 6.91. The maximum atomic E-state index is 11.7. The summed E-state index contributed by atoms with van der Waals surface area (Å²) in [6, 6.07) is 3.55. The van der Waals surface area contributed by atoms with Crippen LogP contribution in [0.4, 0.5) is 0 Å². The fraction of sp³-hybridized carbons (Fsp3) is 0.438. The van der Waals surface area contributed by atoms with Crippen LogP contribution in [0.2, 0.25) is 0 Å². The third kappa shape index (κ3) is 5.29. The summed E-state index contributed by atoms with van der Waals surface area (Å²) in [5.41, 5.74) is 0.779. The van der Waals surface area contributed by atoms with Crippen LogP contribution >= 0.6 is 0 Å². The second-order valence-corrected chi connectivity index (χ2v) is 4.43. The number of nitrogens with one attached hydrogen (secondary N) is 1. The predicted molar refractivity (Wildman–Crippen MR) is 84.6 cm³/mol. The first kappa shape index (κ1) is 17.8. The molecule has 1 amide bonds. The van der Waals surface area contributed by atoms with Crippen molar-refractivity contribution in [1.82, 2.24) is 5.32 Å². The van der Waals surface area contributed by atoms with Crippen molar-refractivity contribution in [2.24, 2.45) is 0 Å². The lowest BCUT2D eigenvalue weighted by Gasteiger charge is -2.12. The SMILES string of the molecule is COCCCNC(=O)C=Cc1cc(OC)c(OC)c(OC)c1. The fourth-order valence-electron chi connectivity index (χ4n) is 1.86. The van der Waals surface area contributed by atoms with Gasteiger partial charge >= 0.3 is 0 Å². The Kier molecular flexibility index (Phi) is 7.85. The number of hydrogen-bond acceptors (Lipinski definition) is 5. The van der Waals surface area contributed by atoms with Crippen LogP contribution in [-0.2, 0) is 9.53 Å². The number of carbonyl (C=O) groups excluding carboxylic acids is 1. The van der Waals surface area contributed by atoms with Crippen molar-refractivity contribution in [2.45, 2.75) is 6.42 Å². The number of hydrogen-bond donors (Lipinski definition) is 1. The fourth-order valence-corrected chi connectivity index (χ4v) is 1.86. The molecule has 22 heavy (non-hydrogen) atoms. The average Bonchev–Trinajstić information content (AvgIpc) is 2.55. The van der Waals surface area contributed by atoms with Gasteiger partial charge in [0, 0.05) is 26.3 Å². The standard InChI is InChI=1S/C16H23NO5/c1-19-9-5-8-17-15(18)7-6-12-10-13(20-2)16(22-4)14(11-12)21-3/h6-7,10-11H,5,8-9H2,1-4H3,(H,17,18). The van der Waals surface area contributed by atoms with Gasteiger partial charge < -0.3 is 24.3 Å². The first-order chi connectivity index (χ1) is 10.7. The van der Waals surface area contributed by atoms with Crippen molar-refractivity contribution in [3.05, 3.63) is 23.8 Å². The Morgan fingerprint density at radius 1 is 1.09 bits per heavy atom. The van der Waals surface area contributed by atoms with Gasteiger partial charge in [0.1, 0.15) is 0 Å². The minimum atomic E-state index is -0.162. The maximum Gasteiger partial charge on any atom is 0.244 e. The number of carbonyl (C=O) groups is 1. The molecule has 1 N–H and O–H groups in total. The van der Waals surface area contributed by atoms with E-state index in [1.165, 1.54) is 6.08 Å². The number of ether oxygens (including phenoxy) is 4. The summed E-state index contributed by atoms with van der Waals surface area (Å²) in [4.78, 5) is 11.7. The molecule has 0 spiro atoms. The molecule has 1 rings (SSSR count). The van der Waals surface area contributed by atoms with Gasteiger partial charge in [0.25, 0.3) is 0 Å². The van der Waals surface area contributed by atoms with Gasteiger partial charge in [-0.3, -0.25) is 4.79 Å². The molecule has 6 heteroatoms. The average molecular weight is 309 g/mol. The van der Waals surface area contributed by atoms with E-state index in [-0.39, 0.29) is 5.91 Å². The maximum absolute atomic E-state index is 11.7. The predicted octanol–water partition coefficient (Wildman–Crippen LogP) is 1.88. The zero-order valence-electron chi connectivity index (χ0n) is 13.5. The Balaban J connectivity index is 2.76. The molecule has 0 unspecified atom stereocenters. The topological polar surface area (TPSA) is 66.0 Å². The van der Waals surface area contributed by atoms with E-state index in [1.807, 2.05) is 0 Å². The molecule has 0 aliphatic carbocycles. The van der Waals surface area contributed by atoms with E-state index in [1.54, 1.807) is 46.6 Å². The highest BCUT2D eigenvalue weighted by molar-refractivity contribution is 5.91. The minimum Gasteiger partial charge on any atom is -0.493 e. The Morgan fingerprint density at radius 2 is 1.73 bits per heavy atom. The summed E-state index contributed by atoms with van der Waals surface area (Å²) in [7, 11) is 6.27. The highest BCUT2D eigenvalue weighted by Crippen LogP contribution is 2.38.